The summed E-state index contributed by atoms with van der Waals surface area (Å²) in [4.78, 5) is 0.228. The first kappa shape index (κ1) is 9.71. The second-order valence-corrected chi connectivity index (χ2v) is 3.73. The van der Waals surface area contributed by atoms with Crippen LogP contribution in [0.2, 0.25) is 10.0 Å². The molecule has 0 radical (unpaired) electrons. The van der Waals surface area contributed by atoms with Gasteiger partial charge in [0.2, 0.25) is 5.89 Å². The van der Waals surface area contributed by atoms with Crippen molar-refractivity contribution in [3.05, 3.63) is 33.1 Å². The molecule has 1 N–H and O–H groups in total. The second kappa shape index (κ2) is 3.73. The van der Waals surface area contributed by atoms with Gasteiger partial charge in [-0.15, -0.1) is 5.10 Å². The number of benzene rings is 1. The van der Waals surface area contributed by atoms with Gasteiger partial charge in [0.25, 0.3) is 4.84 Å². The van der Waals surface area contributed by atoms with E-state index in [0.29, 0.717) is 15.9 Å². The summed E-state index contributed by atoms with van der Waals surface area (Å²) in [5.41, 5.74) is 0.728. The molecule has 1 aromatic carbocycles. The summed E-state index contributed by atoms with van der Waals surface area (Å²) >= 11 is 16.3. The predicted octanol–water partition coefficient (Wildman–Crippen LogP) is 3.71. The van der Waals surface area contributed by atoms with Gasteiger partial charge in [-0.05, 0) is 30.4 Å². The minimum atomic E-state index is 0.228. The van der Waals surface area contributed by atoms with E-state index in [-0.39, 0.29) is 4.84 Å². The highest BCUT2D eigenvalue weighted by Gasteiger charge is 2.06. The Kier molecular flexibility index (Phi) is 2.58. The Morgan fingerprint density at radius 1 is 1.29 bits per heavy atom. The predicted molar refractivity (Wildman–Crippen MR) is 57.1 cm³/mol. The van der Waals surface area contributed by atoms with Crippen LogP contribution in [0.5, 0.6) is 0 Å². The lowest BCUT2D eigenvalue weighted by molar-refractivity contribution is 0.552. The fraction of sp³-hybridized carbons (Fsp3) is 0. The largest absolute Gasteiger partial charge is 0.409 e. The molecule has 2 aromatic rings. The van der Waals surface area contributed by atoms with Crippen molar-refractivity contribution in [1.82, 2.24) is 10.2 Å². The summed E-state index contributed by atoms with van der Waals surface area (Å²) in [6, 6.07) is 5.09. The standard InChI is InChI=1S/C8H4Cl2N2OS/c9-5-2-1-4(3-6(5)10)7-11-12-8(14)13-7/h1-3H,(H,12,14). The minimum absolute atomic E-state index is 0.228. The molecule has 0 unspecified atom stereocenters. The molecule has 0 saturated heterocycles. The molecule has 0 bridgehead atoms. The highest BCUT2D eigenvalue weighted by Crippen LogP contribution is 2.27. The van der Waals surface area contributed by atoms with Crippen LogP contribution in [-0.2, 0) is 0 Å². The van der Waals surface area contributed by atoms with Gasteiger partial charge in [-0.3, -0.25) is 0 Å². The van der Waals surface area contributed by atoms with Gasteiger partial charge in [-0.2, -0.15) is 0 Å². The third-order valence-electron chi connectivity index (χ3n) is 1.60. The molecule has 0 aliphatic heterocycles. The lowest BCUT2D eigenvalue weighted by atomic mass is 10.2. The number of hydrogen-bond donors (Lipinski definition) is 1. The molecule has 0 saturated carbocycles. The number of rotatable bonds is 1. The van der Waals surface area contributed by atoms with Crippen molar-refractivity contribution in [3.8, 4) is 11.5 Å². The Morgan fingerprint density at radius 2 is 2.07 bits per heavy atom. The average molecular weight is 247 g/mol. The van der Waals surface area contributed by atoms with Crippen LogP contribution in [0.3, 0.4) is 0 Å². The number of aromatic amines is 1. The molecule has 2 rings (SSSR count). The highest BCUT2D eigenvalue weighted by atomic mass is 35.5. The van der Waals surface area contributed by atoms with Crippen molar-refractivity contribution in [2.45, 2.75) is 0 Å². The van der Waals surface area contributed by atoms with Crippen LogP contribution in [0.4, 0.5) is 0 Å². The molecule has 1 aromatic heterocycles. The molecule has 0 amide bonds. The van der Waals surface area contributed by atoms with Crippen LogP contribution in [0.25, 0.3) is 11.5 Å². The van der Waals surface area contributed by atoms with Gasteiger partial charge in [-0.1, -0.05) is 23.2 Å². The van der Waals surface area contributed by atoms with Crippen molar-refractivity contribution in [3.63, 3.8) is 0 Å². The number of hydrogen-bond acceptors (Lipinski definition) is 3. The number of halogens is 2. The third kappa shape index (κ3) is 1.82. The Bertz CT molecular complexity index is 520. The molecule has 72 valence electrons. The summed E-state index contributed by atoms with van der Waals surface area (Å²) in [7, 11) is 0. The quantitative estimate of drug-likeness (QED) is 0.781. The van der Waals surface area contributed by atoms with Gasteiger partial charge in [-0.25, -0.2) is 5.10 Å². The maximum absolute atomic E-state index is 5.83. The Balaban J connectivity index is 2.52. The van der Waals surface area contributed by atoms with Crippen molar-refractivity contribution < 1.29 is 4.42 Å². The zero-order chi connectivity index (χ0) is 10.1. The van der Waals surface area contributed by atoms with E-state index < -0.39 is 0 Å². The van der Waals surface area contributed by atoms with E-state index >= 15 is 0 Å². The van der Waals surface area contributed by atoms with Gasteiger partial charge < -0.3 is 4.42 Å². The fourth-order valence-electron chi connectivity index (χ4n) is 0.982. The second-order valence-electron chi connectivity index (χ2n) is 2.55. The van der Waals surface area contributed by atoms with Gasteiger partial charge in [0, 0.05) is 5.56 Å². The number of aromatic nitrogens is 2. The summed E-state index contributed by atoms with van der Waals surface area (Å²) in [6.07, 6.45) is 0. The lowest BCUT2D eigenvalue weighted by Gasteiger charge is -1.97. The SMILES string of the molecule is S=c1[nH]nc(-c2ccc(Cl)c(Cl)c2)o1. The first-order chi connectivity index (χ1) is 6.66. The van der Waals surface area contributed by atoms with E-state index in [2.05, 4.69) is 10.2 Å². The lowest BCUT2D eigenvalue weighted by Crippen LogP contribution is -1.78. The first-order valence-electron chi connectivity index (χ1n) is 3.68. The minimum Gasteiger partial charge on any atom is -0.409 e. The monoisotopic (exact) mass is 246 g/mol. The summed E-state index contributed by atoms with van der Waals surface area (Å²) in [5, 5.41) is 7.32. The normalized spacial score (nSPS) is 10.4. The van der Waals surface area contributed by atoms with Crippen LogP contribution in [0.15, 0.2) is 22.6 Å². The summed E-state index contributed by atoms with van der Waals surface area (Å²) < 4.78 is 5.11. The van der Waals surface area contributed by atoms with E-state index in [1.54, 1.807) is 18.2 Å². The fourth-order valence-corrected chi connectivity index (χ4v) is 1.41. The van der Waals surface area contributed by atoms with Crippen LogP contribution in [0, 0.1) is 4.84 Å². The van der Waals surface area contributed by atoms with Crippen molar-refractivity contribution in [1.29, 1.82) is 0 Å². The van der Waals surface area contributed by atoms with Crippen LogP contribution >= 0.6 is 35.4 Å². The maximum Gasteiger partial charge on any atom is 0.284 e. The number of nitrogens with one attached hydrogen (secondary N) is 1. The maximum atomic E-state index is 5.83. The van der Waals surface area contributed by atoms with E-state index in [1.807, 2.05) is 0 Å². The Hall–Kier alpha value is -0.840. The van der Waals surface area contributed by atoms with Crippen molar-refractivity contribution in [2.75, 3.05) is 0 Å². The molecule has 0 aliphatic carbocycles. The van der Waals surface area contributed by atoms with Gasteiger partial charge >= 0.3 is 0 Å². The summed E-state index contributed by atoms with van der Waals surface area (Å²) in [6.45, 7) is 0. The number of H-pyrrole nitrogens is 1. The Labute approximate surface area is 94.7 Å². The van der Waals surface area contributed by atoms with Crippen LogP contribution in [0.1, 0.15) is 0 Å². The molecular formula is C8H4Cl2N2OS. The highest BCUT2D eigenvalue weighted by molar-refractivity contribution is 7.71. The molecule has 0 fully saturated rings. The van der Waals surface area contributed by atoms with E-state index in [1.165, 1.54) is 0 Å². The molecule has 0 atom stereocenters. The molecule has 0 spiro atoms. The van der Waals surface area contributed by atoms with Crippen LogP contribution < -0.4 is 0 Å². The van der Waals surface area contributed by atoms with E-state index in [9.17, 15) is 0 Å². The third-order valence-corrected chi connectivity index (χ3v) is 2.52. The van der Waals surface area contributed by atoms with Gasteiger partial charge in [0.05, 0.1) is 10.0 Å². The summed E-state index contributed by atoms with van der Waals surface area (Å²) in [5.74, 6) is 0.397. The smallest absolute Gasteiger partial charge is 0.284 e. The van der Waals surface area contributed by atoms with Gasteiger partial charge in [0.1, 0.15) is 0 Å². The van der Waals surface area contributed by atoms with Crippen molar-refractivity contribution >= 4 is 35.4 Å². The van der Waals surface area contributed by atoms with E-state index in [0.717, 1.165) is 5.56 Å². The molecule has 3 nitrogen and oxygen atoms in total. The Morgan fingerprint density at radius 3 is 2.64 bits per heavy atom. The molecular weight excluding hydrogens is 243 g/mol. The van der Waals surface area contributed by atoms with Crippen LogP contribution in [-0.4, -0.2) is 10.2 Å². The molecule has 0 aliphatic rings. The van der Waals surface area contributed by atoms with Crippen molar-refractivity contribution in [2.24, 2.45) is 0 Å². The first-order valence-corrected chi connectivity index (χ1v) is 4.84. The number of nitrogens with zero attached hydrogens (tertiary/aromatic N) is 1. The molecule has 14 heavy (non-hydrogen) atoms. The van der Waals surface area contributed by atoms with E-state index in [4.69, 9.17) is 39.8 Å². The molecule has 6 heteroatoms. The molecule has 1 heterocycles. The average Bonchev–Trinajstić information content (AvgIpc) is 2.57. The zero-order valence-corrected chi connectivity index (χ0v) is 9.08. The topological polar surface area (TPSA) is 41.8 Å². The van der Waals surface area contributed by atoms with Gasteiger partial charge in [0.15, 0.2) is 0 Å². The zero-order valence-electron chi connectivity index (χ0n) is 6.75.